The highest BCUT2D eigenvalue weighted by Crippen LogP contribution is 2.26. The Morgan fingerprint density at radius 2 is 1.82 bits per heavy atom. The van der Waals surface area contributed by atoms with Gasteiger partial charge in [0.25, 0.3) is 5.91 Å². The molecule has 0 saturated carbocycles. The number of imidazole rings is 1. The van der Waals surface area contributed by atoms with Crippen molar-refractivity contribution in [2.24, 2.45) is 7.05 Å². The molecule has 0 bridgehead atoms. The number of rotatable bonds is 18. The molecule has 0 unspecified atom stereocenters. The van der Waals surface area contributed by atoms with Gasteiger partial charge in [0.05, 0.1) is 17.0 Å². The maximum absolute atomic E-state index is 13.4. The highest BCUT2D eigenvalue weighted by Gasteiger charge is 2.29. The molecule has 15 nitrogen and oxygen atoms in total. The Morgan fingerprint density at radius 1 is 1.08 bits per heavy atom. The lowest BCUT2D eigenvalue weighted by atomic mass is 10.1. The van der Waals surface area contributed by atoms with Crippen molar-refractivity contribution in [1.82, 2.24) is 29.9 Å². The van der Waals surface area contributed by atoms with E-state index in [-0.39, 0.29) is 28.4 Å². The lowest BCUT2D eigenvalue weighted by Crippen LogP contribution is -2.49. The van der Waals surface area contributed by atoms with Crippen LogP contribution in [0.3, 0.4) is 0 Å². The number of carbonyl (C=O) groups is 3. The molecule has 0 aliphatic rings. The fourth-order valence-electron chi connectivity index (χ4n) is 5.40. The monoisotopic (exact) mass is 709 g/mol. The van der Waals surface area contributed by atoms with E-state index < -0.39 is 39.9 Å². The molecule has 0 fully saturated rings. The number of carboxylic acids is 1. The number of aromatic amines is 1. The highest BCUT2D eigenvalue weighted by molar-refractivity contribution is 7.89. The first-order valence-corrected chi connectivity index (χ1v) is 17.7. The second kappa shape index (κ2) is 16.9. The summed E-state index contributed by atoms with van der Waals surface area (Å²) in [5.74, 6) is -1.44. The quantitative estimate of drug-likeness (QED) is 0.0831. The molecule has 0 radical (unpaired) electrons. The molecule has 16 heteroatoms. The number of benzene rings is 2. The largest absolute Gasteiger partial charge is 0.494 e. The average Bonchev–Trinajstić information content (AvgIpc) is 3.59. The molecule has 6 N–H and O–H groups in total. The average molecular weight is 710 g/mol. The zero-order chi connectivity index (χ0) is 36.4. The number of carboxylic acid groups (broad SMARTS) is 1. The van der Waals surface area contributed by atoms with Gasteiger partial charge in [-0.15, -0.1) is 0 Å². The second-order valence-electron chi connectivity index (χ2n) is 11.9. The number of pyridine rings is 1. The maximum atomic E-state index is 13.4. The summed E-state index contributed by atoms with van der Waals surface area (Å²) in [5.41, 5.74) is 1.29. The number of unbranched alkanes of at least 4 members (excludes halogenated alkanes) is 1. The van der Waals surface area contributed by atoms with Crippen LogP contribution in [-0.2, 0) is 33.2 Å². The highest BCUT2D eigenvalue weighted by atomic mass is 32.2. The van der Waals surface area contributed by atoms with Gasteiger partial charge in [0.1, 0.15) is 17.4 Å². The number of nitrogens with one attached hydrogen (secondary N) is 5. The summed E-state index contributed by atoms with van der Waals surface area (Å²) in [5, 5.41) is 18.5. The second-order valence-corrected chi connectivity index (χ2v) is 13.5. The Morgan fingerprint density at radius 3 is 2.48 bits per heavy atom. The molecule has 4 aromatic rings. The molecule has 0 spiro atoms. The van der Waals surface area contributed by atoms with Crippen LogP contribution >= 0.6 is 0 Å². The summed E-state index contributed by atoms with van der Waals surface area (Å²) >= 11 is 0. The number of aliphatic carboxylic acids is 1. The Hall–Kier alpha value is -5.22. The zero-order valence-electron chi connectivity index (χ0n) is 28.5. The van der Waals surface area contributed by atoms with Crippen LogP contribution in [0.4, 0.5) is 5.95 Å². The van der Waals surface area contributed by atoms with Crippen LogP contribution in [0.15, 0.2) is 58.6 Å². The van der Waals surface area contributed by atoms with Crippen molar-refractivity contribution in [2.75, 3.05) is 25.0 Å². The van der Waals surface area contributed by atoms with E-state index in [0.29, 0.717) is 54.3 Å². The predicted octanol–water partition coefficient (Wildman–Crippen LogP) is 2.73. The topological polar surface area (TPSA) is 214 Å². The van der Waals surface area contributed by atoms with Crippen LogP contribution in [0.1, 0.15) is 59.7 Å². The van der Waals surface area contributed by atoms with E-state index in [4.69, 9.17) is 4.74 Å². The number of anilines is 1. The summed E-state index contributed by atoms with van der Waals surface area (Å²) in [6, 6.07) is 6.47. The minimum absolute atomic E-state index is 0.0597. The Bertz CT molecular complexity index is 1990. The lowest BCUT2D eigenvalue weighted by molar-refractivity contribution is -0.138. The number of carbonyl (C=O) groups excluding carboxylic acids is 2. The van der Waals surface area contributed by atoms with Crippen LogP contribution in [0.5, 0.6) is 5.75 Å². The Balaban J connectivity index is 1.39. The van der Waals surface area contributed by atoms with Crippen molar-refractivity contribution in [1.29, 1.82) is 0 Å². The van der Waals surface area contributed by atoms with E-state index in [1.54, 1.807) is 50.0 Å². The number of aryl methyl sites for hydroxylation is 3. The first-order valence-electron chi connectivity index (χ1n) is 16.2. The smallest absolute Gasteiger partial charge is 0.323 e. The number of amides is 2. The molecule has 0 saturated heterocycles. The van der Waals surface area contributed by atoms with E-state index in [1.165, 1.54) is 18.3 Å². The third-order valence-corrected chi connectivity index (χ3v) is 9.67. The number of nitrogens with zero attached hydrogens (tertiary/aromatic N) is 2. The first-order chi connectivity index (χ1) is 23.8. The number of sulfonamides is 1. The van der Waals surface area contributed by atoms with E-state index >= 15 is 0 Å². The number of hydrogen-bond donors (Lipinski definition) is 6. The van der Waals surface area contributed by atoms with Crippen LogP contribution in [0.2, 0.25) is 0 Å². The summed E-state index contributed by atoms with van der Waals surface area (Å²) in [7, 11) is -2.71. The lowest BCUT2D eigenvalue weighted by Gasteiger charge is -2.19. The van der Waals surface area contributed by atoms with Gasteiger partial charge in [-0.2, -0.15) is 4.72 Å². The van der Waals surface area contributed by atoms with Gasteiger partial charge >= 0.3 is 5.97 Å². The third-order valence-electron chi connectivity index (χ3n) is 7.89. The normalized spacial score (nSPS) is 12.0. The fraction of sp³-hybridized carbons (Fsp3) is 0.382. The molecule has 50 heavy (non-hydrogen) atoms. The summed E-state index contributed by atoms with van der Waals surface area (Å²) < 4.78 is 36.3. The SMILES string of the molecule is CCCCNC(=O)CCCOc1cc(C)c(S(=O)(=O)N[C@@H](CNC(=O)c2cn(C)c3cc(CNc4ncc[nH]4)ccc3c2=O)C(=O)O)c(C)c1. The van der Waals surface area contributed by atoms with Crippen molar-refractivity contribution < 1.29 is 32.6 Å². The van der Waals surface area contributed by atoms with Crippen LogP contribution in [-0.4, -0.2) is 71.6 Å². The molecule has 2 aromatic carbocycles. The molecule has 2 aromatic heterocycles. The maximum Gasteiger partial charge on any atom is 0.323 e. The van der Waals surface area contributed by atoms with Gasteiger partial charge in [0.2, 0.25) is 21.4 Å². The van der Waals surface area contributed by atoms with Gasteiger partial charge in [-0.25, -0.2) is 13.4 Å². The van der Waals surface area contributed by atoms with Crippen molar-refractivity contribution in [3.63, 3.8) is 0 Å². The first kappa shape index (κ1) is 37.6. The number of aromatic nitrogens is 3. The van der Waals surface area contributed by atoms with Crippen molar-refractivity contribution in [2.45, 2.75) is 63.9 Å². The minimum atomic E-state index is -4.38. The molecular formula is C34H43N7O8S. The van der Waals surface area contributed by atoms with Crippen LogP contribution < -0.4 is 30.8 Å². The van der Waals surface area contributed by atoms with E-state index in [1.807, 2.05) is 13.0 Å². The van der Waals surface area contributed by atoms with Gasteiger partial charge < -0.3 is 35.3 Å². The van der Waals surface area contributed by atoms with Gasteiger partial charge in [-0.1, -0.05) is 19.4 Å². The van der Waals surface area contributed by atoms with E-state index in [0.717, 1.165) is 18.4 Å². The number of fused-ring (bicyclic) bond motifs is 1. The predicted molar refractivity (Wildman–Crippen MR) is 188 cm³/mol. The summed E-state index contributed by atoms with van der Waals surface area (Å²) in [6.07, 6.45) is 7.32. The fourth-order valence-corrected chi connectivity index (χ4v) is 7.04. The number of H-pyrrole nitrogens is 1. The third kappa shape index (κ3) is 9.69. The summed E-state index contributed by atoms with van der Waals surface area (Å²) in [4.78, 5) is 57.3. The summed E-state index contributed by atoms with van der Waals surface area (Å²) in [6.45, 7) is 5.84. The molecule has 268 valence electrons. The molecule has 1 atom stereocenters. The standard InChI is InChI=1S/C34H43N7O8S/c1-5-6-11-35-29(42)8-7-14-49-24-15-21(2)31(22(3)16-24)50(47,48)40-27(33(45)46)19-38-32(44)26-20-41(4)28-17-23(9-10-25(28)30(26)43)18-39-34-36-12-13-37-34/h9-10,12-13,15-17,20,27,40H,5-8,11,14,18-19H2,1-4H3,(H,35,42)(H,38,44)(H,45,46)(H2,36,37,39)/t27-/m0/s1. The molecular weight excluding hydrogens is 666 g/mol. The molecule has 0 aliphatic carbocycles. The molecule has 2 amide bonds. The molecule has 2 heterocycles. The molecule has 0 aliphatic heterocycles. The Kier molecular flexibility index (Phi) is 12.7. The zero-order valence-corrected chi connectivity index (χ0v) is 29.3. The number of hydrogen-bond acceptors (Lipinski definition) is 9. The van der Waals surface area contributed by atoms with Gasteiger partial charge in [0.15, 0.2) is 5.95 Å². The van der Waals surface area contributed by atoms with Crippen molar-refractivity contribution in [3.8, 4) is 5.75 Å². The Labute approximate surface area is 289 Å². The van der Waals surface area contributed by atoms with E-state index in [2.05, 4.69) is 30.6 Å². The van der Waals surface area contributed by atoms with Gasteiger partial charge in [0, 0.05) is 57.1 Å². The number of ether oxygens (including phenoxy) is 1. The van der Waals surface area contributed by atoms with Crippen molar-refractivity contribution in [3.05, 3.63) is 81.4 Å². The van der Waals surface area contributed by atoms with E-state index in [9.17, 15) is 32.7 Å². The molecule has 4 rings (SSSR count). The minimum Gasteiger partial charge on any atom is -0.494 e. The van der Waals surface area contributed by atoms with Crippen molar-refractivity contribution >= 4 is 44.7 Å². The van der Waals surface area contributed by atoms with Gasteiger partial charge in [-0.05, 0) is 67.6 Å². The van der Waals surface area contributed by atoms with Gasteiger partial charge in [-0.3, -0.25) is 19.2 Å². The van der Waals surface area contributed by atoms with Crippen LogP contribution in [0.25, 0.3) is 10.9 Å². The van der Waals surface area contributed by atoms with Crippen LogP contribution in [0, 0.1) is 13.8 Å².